The van der Waals surface area contributed by atoms with E-state index in [9.17, 15) is 5.11 Å². The minimum atomic E-state index is -0.254. The van der Waals surface area contributed by atoms with Gasteiger partial charge in [-0.1, -0.05) is 51.0 Å². The number of hydrogen-bond acceptors (Lipinski definition) is 1. The number of benzene rings is 1. The van der Waals surface area contributed by atoms with Gasteiger partial charge >= 0.3 is 0 Å². The molecule has 0 heterocycles. The van der Waals surface area contributed by atoms with Gasteiger partial charge < -0.3 is 5.11 Å². The van der Waals surface area contributed by atoms with E-state index in [0.29, 0.717) is 11.8 Å². The minimum absolute atomic E-state index is 0.254. The summed E-state index contributed by atoms with van der Waals surface area (Å²) in [4.78, 5) is 0. The normalized spacial score (nSPS) is 26.1. The van der Waals surface area contributed by atoms with Gasteiger partial charge in [-0.15, -0.1) is 0 Å². The van der Waals surface area contributed by atoms with Crippen LogP contribution in [0, 0.1) is 11.8 Å². The molecule has 0 saturated heterocycles. The molecular weight excluding hydrogens is 208 g/mol. The van der Waals surface area contributed by atoms with Crippen LogP contribution in [0.3, 0.4) is 0 Å². The van der Waals surface area contributed by atoms with Gasteiger partial charge in [-0.3, -0.25) is 0 Å². The van der Waals surface area contributed by atoms with Gasteiger partial charge in [0.15, 0.2) is 0 Å². The predicted molar refractivity (Wildman–Crippen MR) is 71.9 cm³/mol. The molecule has 1 aromatic carbocycles. The molecule has 0 aliphatic heterocycles. The van der Waals surface area contributed by atoms with E-state index in [0.717, 1.165) is 12.8 Å². The van der Waals surface area contributed by atoms with Gasteiger partial charge in [0.1, 0.15) is 0 Å². The molecule has 0 radical (unpaired) electrons. The fourth-order valence-electron chi connectivity index (χ4n) is 3.23. The number of aliphatic hydroxyl groups excluding tert-OH is 1. The van der Waals surface area contributed by atoms with Crippen LogP contribution in [0.5, 0.6) is 0 Å². The summed E-state index contributed by atoms with van der Waals surface area (Å²) < 4.78 is 0. The summed E-state index contributed by atoms with van der Waals surface area (Å²) in [5.41, 5.74) is 2.53. The summed E-state index contributed by atoms with van der Waals surface area (Å²) >= 11 is 0. The van der Waals surface area contributed by atoms with Gasteiger partial charge in [0.2, 0.25) is 0 Å². The maximum absolute atomic E-state index is 10.6. The van der Waals surface area contributed by atoms with E-state index in [-0.39, 0.29) is 6.10 Å². The molecule has 1 nitrogen and oxygen atoms in total. The van der Waals surface area contributed by atoms with Gasteiger partial charge in [0.25, 0.3) is 0 Å². The highest BCUT2D eigenvalue weighted by molar-refractivity contribution is 5.30. The van der Waals surface area contributed by atoms with Crippen molar-refractivity contribution in [1.82, 2.24) is 0 Å². The Bertz CT molecular complexity index is 358. The van der Waals surface area contributed by atoms with Gasteiger partial charge in [0.05, 0.1) is 6.10 Å². The van der Waals surface area contributed by atoms with Crippen LogP contribution in [0.25, 0.3) is 0 Å². The van der Waals surface area contributed by atoms with Crippen molar-refractivity contribution >= 4 is 0 Å². The third-order valence-corrected chi connectivity index (χ3v) is 4.24. The van der Waals surface area contributed by atoms with Gasteiger partial charge in [0, 0.05) is 0 Å². The molecule has 0 spiro atoms. The monoisotopic (exact) mass is 232 g/mol. The summed E-state index contributed by atoms with van der Waals surface area (Å²) in [7, 11) is 0. The lowest BCUT2D eigenvalue weighted by Gasteiger charge is -2.27. The number of aliphatic hydroxyl groups is 1. The molecule has 1 aliphatic carbocycles. The fourth-order valence-corrected chi connectivity index (χ4v) is 3.23. The van der Waals surface area contributed by atoms with Crippen molar-refractivity contribution in [1.29, 1.82) is 0 Å². The highest BCUT2D eigenvalue weighted by Gasteiger charge is 2.29. The van der Waals surface area contributed by atoms with Crippen molar-refractivity contribution in [2.24, 2.45) is 11.8 Å². The summed E-state index contributed by atoms with van der Waals surface area (Å²) in [5.74, 6) is 1.07. The number of hydrogen-bond donors (Lipinski definition) is 1. The summed E-state index contributed by atoms with van der Waals surface area (Å²) in [6.07, 6.45) is 5.69. The molecule has 0 bridgehead atoms. The second-order valence-electron chi connectivity index (χ2n) is 5.47. The topological polar surface area (TPSA) is 20.2 Å². The van der Waals surface area contributed by atoms with E-state index in [1.807, 2.05) is 0 Å². The summed E-state index contributed by atoms with van der Waals surface area (Å²) in [5, 5.41) is 10.6. The van der Waals surface area contributed by atoms with Crippen LogP contribution in [-0.4, -0.2) is 5.11 Å². The summed E-state index contributed by atoms with van der Waals surface area (Å²) in [6.45, 7) is 4.53. The first-order valence-corrected chi connectivity index (χ1v) is 7.00. The molecule has 0 amide bonds. The number of aryl methyl sites for hydroxylation is 1. The molecule has 0 saturated carbocycles. The first-order chi connectivity index (χ1) is 8.24. The number of rotatable bonds is 3. The zero-order valence-electron chi connectivity index (χ0n) is 11.0. The van der Waals surface area contributed by atoms with Gasteiger partial charge in [-0.2, -0.15) is 0 Å². The van der Waals surface area contributed by atoms with Crippen LogP contribution in [0.15, 0.2) is 24.3 Å². The van der Waals surface area contributed by atoms with E-state index in [4.69, 9.17) is 0 Å². The van der Waals surface area contributed by atoms with Crippen LogP contribution >= 0.6 is 0 Å². The SMILES string of the molecule is CCCC(C)C1CCCc2ccccc2C1O. The molecule has 2 rings (SSSR count). The maximum Gasteiger partial charge on any atom is 0.0823 e. The Morgan fingerprint density at radius 2 is 2.12 bits per heavy atom. The highest BCUT2D eigenvalue weighted by atomic mass is 16.3. The second-order valence-corrected chi connectivity index (χ2v) is 5.47. The molecule has 3 unspecified atom stereocenters. The average molecular weight is 232 g/mol. The predicted octanol–water partition coefficient (Wildman–Crippen LogP) is 4.11. The molecule has 1 aromatic rings. The molecular formula is C16H24O. The molecule has 0 aromatic heterocycles. The van der Waals surface area contributed by atoms with Crippen molar-refractivity contribution in [3.05, 3.63) is 35.4 Å². The highest BCUT2D eigenvalue weighted by Crippen LogP contribution is 2.38. The van der Waals surface area contributed by atoms with Crippen molar-refractivity contribution in [2.75, 3.05) is 0 Å². The van der Waals surface area contributed by atoms with Crippen molar-refractivity contribution in [3.63, 3.8) is 0 Å². The van der Waals surface area contributed by atoms with Crippen LogP contribution in [-0.2, 0) is 6.42 Å². The fraction of sp³-hybridized carbons (Fsp3) is 0.625. The van der Waals surface area contributed by atoms with Gasteiger partial charge in [-0.25, -0.2) is 0 Å². The smallest absolute Gasteiger partial charge is 0.0823 e. The van der Waals surface area contributed by atoms with E-state index in [1.165, 1.54) is 30.4 Å². The van der Waals surface area contributed by atoms with E-state index in [1.54, 1.807) is 0 Å². The van der Waals surface area contributed by atoms with E-state index in [2.05, 4.69) is 38.1 Å². The minimum Gasteiger partial charge on any atom is -0.388 e. The molecule has 1 aliphatic rings. The Labute approximate surface area is 105 Å². The third-order valence-electron chi connectivity index (χ3n) is 4.24. The van der Waals surface area contributed by atoms with Crippen LogP contribution < -0.4 is 0 Å². The standard InChI is InChI=1S/C16H24O/c1-3-7-12(2)14-11-6-9-13-8-4-5-10-15(13)16(14)17/h4-5,8,10,12,14,16-17H,3,6-7,9,11H2,1-2H3. The Kier molecular flexibility index (Phi) is 4.22. The molecule has 3 atom stereocenters. The van der Waals surface area contributed by atoms with E-state index >= 15 is 0 Å². The first kappa shape index (κ1) is 12.6. The van der Waals surface area contributed by atoms with Crippen LogP contribution in [0.2, 0.25) is 0 Å². The Balaban J connectivity index is 2.22. The van der Waals surface area contributed by atoms with Gasteiger partial charge in [-0.05, 0) is 42.2 Å². The lowest BCUT2D eigenvalue weighted by atomic mass is 9.81. The van der Waals surface area contributed by atoms with Crippen LogP contribution in [0.4, 0.5) is 0 Å². The molecule has 17 heavy (non-hydrogen) atoms. The molecule has 0 fully saturated rings. The lowest BCUT2D eigenvalue weighted by Crippen LogP contribution is -2.19. The Hall–Kier alpha value is -0.820. The van der Waals surface area contributed by atoms with Crippen molar-refractivity contribution < 1.29 is 5.11 Å². The summed E-state index contributed by atoms with van der Waals surface area (Å²) in [6, 6.07) is 8.42. The molecule has 94 valence electrons. The van der Waals surface area contributed by atoms with Crippen LogP contribution in [0.1, 0.15) is 56.8 Å². The zero-order chi connectivity index (χ0) is 12.3. The first-order valence-electron chi connectivity index (χ1n) is 7.00. The Morgan fingerprint density at radius 3 is 2.88 bits per heavy atom. The average Bonchev–Trinajstić information content (AvgIpc) is 2.50. The second kappa shape index (κ2) is 5.68. The largest absolute Gasteiger partial charge is 0.388 e. The Morgan fingerprint density at radius 1 is 1.35 bits per heavy atom. The lowest BCUT2D eigenvalue weighted by molar-refractivity contribution is 0.0699. The molecule has 1 N–H and O–H groups in total. The number of fused-ring (bicyclic) bond motifs is 1. The molecule has 1 heteroatoms. The van der Waals surface area contributed by atoms with Crippen molar-refractivity contribution in [3.8, 4) is 0 Å². The quantitative estimate of drug-likeness (QED) is 0.778. The third kappa shape index (κ3) is 2.71. The zero-order valence-corrected chi connectivity index (χ0v) is 11.0. The van der Waals surface area contributed by atoms with E-state index < -0.39 is 0 Å². The van der Waals surface area contributed by atoms with Crippen molar-refractivity contribution in [2.45, 2.75) is 52.1 Å². The maximum atomic E-state index is 10.6.